The van der Waals surface area contributed by atoms with Gasteiger partial charge in [-0.15, -0.1) is 0 Å². The number of amides is 2. The fourth-order valence-corrected chi connectivity index (χ4v) is 2.12. The molecule has 1 aliphatic rings. The molecule has 0 bridgehead atoms. The van der Waals surface area contributed by atoms with Gasteiger partial charge in [0.15, 0.2) is 0 Å². The number of aliphatic carboxylic acids is 1. The lowest BCUT2D eigenvalue weighted by atomic mass is 10.0. The molecule has 0 aliphatic carbocycles. The van der Waals surface area contributed by atoms with Crippen LogP contribution in [0.5, 0.6) is 0 Å². The Morgan fingerprint density at radius 3 is 2.53 bits per heavy atom. The number of hydrogen-bond donors (Lipinski definition) is 2. The molecule has 0 spiro atoms. The smallest absolute Gasteiger partial charge is 0.317 e. The van der Waals surface area contributed by atoms with Gasteiger partial charge < -0.3 is 15.3 Å². The predicted octanol–water partition coefficient (Wildman–Crippen LogP) is 0.977. The van der Waals surface area contributed by atoms with Gasteiger partial charge in [0, 0.05) is 38.1 Å². The molecule has 110 valence electrons. The largest absolute Gasteiger partial charge is 0.481 e. The van der Waals surface area contributed by atoms with Crippen molar-refractivity contribution >= 4 is 12.0 Å². The lowest BCUT2D eigenvalue weighted by Gasteiger charge is -2.45. The van der Waals surface area contributed by atoms with Crippen LogP contribution >= 0.6 is 0 Å². The van der Waals surface area contributed by atoms with Crippen LogP contribution in [0.4, 0.5) is 4.79 Å². The number of urea groups is 1. The van der Waals surface area contributed by atoms with Gasteiger partial charge in [0.2, 0.25) is 0 Å². The molecule has 1 rings (SSSR count). The molecule has 0 saturated carbocycles. The summed E-state index contributed by atoms with van der Waals surface area (Å²) >= 11 is 0. The molecule has 1 fully saturated rings. The quantitative estimate of drug-likeness (QED) is 0.731. The van der Waals surface area contributed by atoms with Crippen molar-refractivity contribution in [1.82, 2.24) is 15.1 Å². The number of carbonyl (C=O) groups excluding carboxylic acids is 1. The monoisotopic (exact) mass is 271 g/mol. The number of carboxylic acids is 1. The highest BCUT2D eigenvalue weighted by atomic mass is 16.4. The normalized spacial score (nSPS) is 19.2. The van der Waals surface area contributed by atoms with Gasteiger partial charge in [0.25, 0.3) is 0 Å². The van der Waals surface area contributed by atoms with Gasteiger partial charge in [-0.2, -0.15) is 0 Å². The zero-order valence-corrected chi connectivity index (χ0v) is 12.1. The third kappa shape index (κ3) is 5.06. The summed E-state index contributed by atoms with van der Waals surface area (Å²) in [5.41, 5.74) is -0.00109. The Kier molecular flexibility index (Phi) is 5.60. The molecule has 0 unspecified atom stereocenters. The van der Waals surface area contributed by atoms with Crippen molar-refractivity contribution < 1.29 is 14.7 Å². The molecule has 1 aliphatic heterocycles. The topological polar surface area (TPSA) is 72.9 Å². The van der Waals surface area contributed by atoms with Gasteiger partial charge >= 0.3 is 12.0 Å². The van der Waals surface area contributed by atoms with E-state index in [-0.39, 0.29) is 18.0 Å². The van der Waals surface area contributed by atoms with Crippen molar-refractivity contribution in [3.63, 3.8) is 0 Å². The number of likely N-dealkylation sites (N-methyl/N-ethyl adjacent to an activating group) is 1. The Hall–Kier alpha value is -1.30. The second kappa shape index (κ2) is 6.75. The van der Waals surface area contributed by atoms with Crippen LogP contribution in [0.25, 0.3) is 0 Å². The molecule has 1 saturated heterocycles. The molecule has 0 atom stereocenters. The van der Waals surface area contributed by atoms with Crippen molar-refractivity contribution in [1.29, 1.82) is 0 Å². The third-order valence-corrected chi connectivity index (χ3v) is 3.70. The van der Waals surface area contributed by atoms with E-state index in [4.69, 9.17) is 5.11 Å². The summed E-state index contributed by atoms with van der Waals surface area (Å²) in [6, 6.07) is -0.0449. The predicted molar refractivity (Wildman–Crippen MR) is 73.2 cm³/mol. The Morgan fingerprint density at radius 1 is 1.26 bits per heavy atom. The zero-order chi connectivity index (χ0) is 14.5. The molecule has 6 nitrogen and oxygen atoms in total. The molecular weight excluding hydrogens is 246 g/mol. The SMILES string of the molecule is CN1CCN(C(=O)NCCCCC(=O)O)CC1(C)C. The van der Waals surface area contributed by atoms with Gasteiger partial charge in [-0.05, 0) is 33.7 Å². The second-order valence-electron chi connectivity index (χ2n) is 5.74. The summed E-state index contributed by atoms with van der Waals surface area (Å²) in [5, 5.41) is 11.4. The van der Waals surface area contributed by atoms with Crippen LogP contribution in [-0.4, -0.2) is 65.7 Å². The molecule has 1 heterocycles. The van der Waals surface area contributed by atoms with E-state index in [2.05, 4.69) is 31.1 Å². The molecule has 0 radical (unpaired) electrons. The van der Waals surface area contributed by atoms with Crippen molar-refractivity contribution in [2.45, 2.75) is 38.6 Å². The van der Waals surface area contributed by atoms with Gasteiger partial charge in [-0.25, -0.2) is 4.79 Å². The number of carbonyl (C=O) groups is 2. The minimum Gasteiger partial charge on any atom is -0.481 e. The summed E-state index contributed by atoms with van der Waals surface area (Å²) in [7, 11) is 2.07. The first-order chi connectivity index (χ1) is 8.83. The Balaban J connectivity index is 2.25. The fourth-order valence-electron chi connectivity index (χ4n) is 2.12. The van der Waals surface area contributed by atoms with Crippen molar-refractivity contribution in [3.8, 4) is 0 Å². The summed E-state index contributed by atoms with van der Waals surface area (Å²) in [5.74, 6) is -0.785. The fraction of sp³-hybridized carbons (Fsp3) is 0.846. The van der Waals surface area contributed by atoms with E-state index in [1.54, 1.807) is 0 Å². The number of unbranched alkanes of at least 4 members (excludes halogenated alkanes) is 1. The van der Waals surface area contributed by atoms with Crippen molar-refractivity contribution in [2.75, 3.05) is 33.2 Å². The van der Waals surface area contributed by atoms with Crippen LogP contribution < -0.4 is 5.32 Å². The van der Waals surface area contributed by atoms with Gasteiger partial charge in [-0.3, -0.25) is 9.69 Å². The summed E-state index contributed by atoms with van der Waals surface area (Å²) in [6.07, 6.45) is 1.47. The molecule has 0 aromatic rings. The molecule has 0 aromatic heterocycles. The Morgan fingerprint density at radius 2 is 1.95 bits per heavy atom. The summed E-state index contributed by atoms with van der Waals surface area (Å²) < 4.78 is 0. The van der Waals surface area contributed by atoms with Crippen LogP contribution in [0.1, 0.15) is 33.1 Å². The first kappa shape index (κ1) is 15.8. The number of nitrogens with one attached hydrogen (secondary N) is 1. The highest BCUT2D eigenvalue weighted by Crippen LogP contribution is 2.18. The highest BCUT2D eigenvalue weighted by molar-refractivity contribution is 5.74. The summed E-state index contributed by atoms with van der Waals surface area (Å²) in [6.45, 7) is 7.11. The van der Waals surface area contributed by atoms with Crippen molar-refractivity contribution in [3.05, 3.63) is 0 Å². The number of piperazine rings is 1. The van der Waals surface area contributed by atoms with E-state index in [0.29, 0.717) is 25.9 Å². The average Bonchev–Trinajstić information content (AvgIpc) is 2.31. The van der Waals surface area contributed by atoms with E-state index in [0.717, 1.165) is 13.1 Å². The maximum Gasteiger partial charge on any atom is 0.317 e. The Labute approximate surface area is 114 Å². The standard InChI is InChI=1S/C13H25N3O3/c1-13(2)10-16(9-8-15(13)3)12(19)14-7-5-4-6-11(17)18/h4-10H2,1-3H3,(H,14,19)(H,17,18). The van der Waals surface area contributed by atoms with Gasteiger partial charge in [0.1, 0.15) is 0 Å². The number of carboxylic acid groups (broad SMARTS) is 1. The minimum absolute atomic E-state index is 0.00109. The lowest BCUT2D eigenvalue weighted by Crippen LogP contribution is -2.60. The van der Waals surface area contributed by atoms with Gasteiger partial charge in [0.05, 0.1) is 0 Å². The summed E-state index contributed by atoms with van der Waals surface area (Å²) in [4.78, 5) is 26.4. The third-order valence-electron chi connectivity index (χ3n) is 3.70. The van der Waals surface area contributed by atoms with Crippen LogP contribution in [-0.2, 0) is 4.79 Å². The molecular formula is C13H25N3O3. The van der Waals surface area contributed by atoms with E-state index >= 15 is 0 Å². The molecule has 0 aromatic carbocycles. The minimum atomic E-state index is -0.785. The van der Waals surface area contributed by atoms with Crippen LogP contribution in [0.2, 0.25) is 0 Å². The van der Waals surface area contributed by atoms with E-state index in [1.165, 1.54) is 0 Å². The van der Waals surface area contributed by atoms with E-state index < -0.39 is 5.97 Å². The van der Waals surface area contributed by atoms with Crippen LogP contribution in [0, 0.1) is 0 Å². The molecule has 2 N–H and O–H groups in total. The molecule has 2 amide bonds. The zero-order valence-electron chi connectivity index (χ0n) is 12.1. The maximum absolute atomic E-state index is 12.0. The first-order valence-electron chi connectivity index (χ1n) is 6.79. The molecule has 19 heavy (non-hydrogen) atoms. The Bertz CT molecular complexity index is 331. The van der Waals surface area contributed by atoms with E-state index in [9.17, 15) is 9.59 Å². The number of nitrogens with zero attached hydrogens (tertiary/aromatic N) is 2. The number of rotatable bonds is 5. The van der Waals surface area contributed by atoms with Crippen molar-refractivity contribution in [2.24, 2.45) is 0 Å². The highest BCUT2D eigenvalue weighted by Gasteiger charge is 2.32. The first-order valence-corrected chi connectivity index (χ1v) is 6.79. The number of hydrogen-bond acceptors (Lipinski definition) is 3. The lowest BCUT2D eigenvalue weighted by molar-refractivity contribution is -0.137. The van der Waals surface area contributed by atoms with Gasteiger partial charge in [-0.1, -0.05) is 0 Å². The maximum atomic E-state index is 12.0. The van der Waals surface area contributed by atoms with E-state index in [1.807, 2.05) is 4.90 Å². The van der Waals surface area contributed by atoms with Crippen LogP contribution in [0.15, 0.2) is 0 Å². The second-order valence-corrected chi connectivity index (χ2v) is 5.74. The van der Waals surface area contributed by atoms with Crippen LogP contribution in [0.3, 0.4) is 0 Å². The average molecular weight is 271 g/mol. The molecule has 6 heteroatoms.